The minimum Gasteiger partial charge on any atom is -0.379 e. The Kier molecular flexibility index (Phi) is 20.7. The predicted octanol–water partition coefficient (Wildman–Crippen LogP) is 3.37. The Labute approximate surface area is 140 Å². The van der Waals surface area contributed by atoms with Gasteiger partial charge in [-0.05, 0) is 20.0 Å². The second kappa shape index (κ2) is 18.9. The maximum Gasteiger partial charge on any atom is 0.0594 e. The first-order valence-electron chi connectivity index (χ1n) is 9.21. The molecular formula is C18H42N2O2. The normalized spacial score (nSPS) is 21.4. The number of morpholine rings is 2. The molecule has 0 unspecified atom stereocenters. The van der Waals surface area contributed by atoms with Gasteiger partial charge in [-0.3, -0.25) is 0 Å². The largest absolute Gasteiger partial charge is 0.379 e. The summed E-state index contributed by atoms with van der Waals surface area (Å²) in [5, 5.41) is 0. The molecule has 0 bridgehead atoms. The molecule has 2 saturated heterocycles. The van der Waals surface area contributed by atoms with Crippen molar-refractivity contribution in [2.24, 2.45) is 5.92 Å². The highest BCUT2D eigenvalue weighted by Gasteiger charge is 2.12. The molecule has 3 rings (SSSR count). The third kappa shape index (κ3) is 19.8. The number of ether oxygens (including phenoxy) is 2. The second-order valence-corrected chi connectivity index (χ2v) is 5.51. The summed E-state index contributed by atoms with van der Waals surface area (Å²) in [7, 11) is 4.23. The zero-order valence-corrected chi connectivity index (χ0v) is 16.4. The third-order valence-electron chi connectivity index (χ3n) is 3.34. The minimum absolute atomic E-state index is 0.913. The molecule has 3 fully saturated rings. The number of hydrogen-bond donors (Lipinski definition) is 0. The van der Waals surface area contributed by atoms with Crippen LogP contribution in [-0.4, -0.2) is 76.5 Å². The topological polar surface area (TPSA) is 24.9 Å². The first-order valence-corrected chi connectivity index (χ1v) is 9.21. The molecule has 4 nitrogen and oxygen atoms in total. The van der Waals surface area contributed by atoms with E-state index in [-0.39, 0.29) is 0 Å². The van der Waals surface area contributed by atoms with Crippen molar-refractivity contribution in [1.29, 1.82) is 0 Å². The molecule has 1 aliphatic carbocycles. The van der Waals surface area contributed by atoms with Crippen LogP contribution in [0.5, 0.6) is 0 Å². The molecular weight excluding hydrogens is 276 g/mol. The van der Waals surface area contributed by atoms with Crippen LogP contribution < -0.4 is 0 Å². The molecule has 4 heteroatoms. The molecule has 22 heavy (non-hydrogen) atoms. The second-order valence-electron chi connectivity index (χ2n) is 5.51. The maximum absolute atomic E-state index is 5.10. The molecule has 0 aromatic carbocycles. The van der Waals surface area contributed by atoms with E-state index in [9.17, 15) is 0 Å². The van der Waals surface area contributed by atoms with E-state index in [1.807, 2.05) is 27.7 Å². The Morgan fingerprint density at radius 3 is 0.955 bits per heavy atom. The van der Waals surface area contributed by atoms with Crippen LogP contribution in [-0.2, 0) is 9.47 Å². The van der Waals surface area contributed by atoms with Crippen LogP contribution in [0.15, 0.2) is 0 Å². The smallest absolute Gasteiger partial charge is 0.0594 e. The van der Waals surface area contributed by atoms with E-state index < -0.39 is 0 Å². The van der Waals surface area contributed by atoms with Crippen molar-refractivity contribution in [2.45, 2.75) is 47.5 Å². The van der Waals surface area contributed by atoms with Crippen molar-refractivity contribution < 1.29 is 9.47 Å². The van der Waals surface area contributed by atoms with Gasteiger partial charge in [-0.15, -0.1) is 0 Å². The number of likely N-dealkylation sites (N-methyl/N-ethyl adjacent to an activating group) is 2. The SMILES string of the molecule is CC.CC.CC1CC1.CN1CCOCC1.CN1CCOCC1. The Hall–Kier alpha value is -0.160. The van der Waals surface area contributed by atoms with E-state index in [1.54, 1.807) is 0 Å². The van der Waals surface area contributed by atoms with Gasteiger partial charge in [-0.2, -0.15) is 0 Å². The minimum atomic E-state index is 0.913. The van der Waals surface area contributed by atoms with Crippen LogP contribution in [0, 0.1) is 5.92 Å². The molecule has 0 amide bonds. The number of rotatable bonds is 0. The molecule has 0 aromatic rings. The Morgan fingerprint density at radius 1 is 0.636 bits per heavy atom. The van der Waals surface area contributed by atoms with Gasteiger partial charge in [-0.1, -0.05) is 47.5 Å². The van der Waals surface area contributed by atoms with Crippen LogP contribution in [0.1, 0.15) is 47.5 Å². The molecule has 0 N–H and O–H groups in total. The first kappa shape index (κ1) is 24.1. The van der Waals surface area contributed by atoms with Crippen LogP contribution in [0.2, 0.25) is 0 Å². The summed E-state index contributed by atoms with van der Waals surface area (Å²) in [6, 6.07) is 0. The standard InChI is InChI=1S/2C5H11NO.C4H8.2C2H6/c2*1-6-2-4-7-5-3-6;1-4-2-3-4;2*1-2/h2*2-5H2,1H3;4H,2-3H2,1H3;2*1-2H3. The van der Waals surface area contributed by atoms with Gasteiger partial charge in [0.1, 0.15) is 0 Å². The van der Waals surface area contributed by atoms with Crippen molar-refractivity contribution in [2.75, 3.05) is 66.7 Å². The lowest BCUT2D eigenvalue weighted by atomic mass is 10.5. The molecule has 1 saturated carbocycles. The third-order valence-corrected chi connectivity index (χ3v) is 3.34. The van der Waals surface area contributed by atoms with Gasteiger partial charge < -0.3 is 19.3 Å². The highest BCUT2D eigenvalue weighted by atomic mass is 16.5. The van der Waals surface area contributed by atoms with E-state index in [4.69, 9.17) is 9.47 Å². The molecule has 0 spiro atoms. The van der Waals surface area contributed by atoms with Crippen LogP contribution in [0.3, 0.4) is 0 Å². The maximum atomic E-state index is 5.10. The summed E-state index contributed by atoms with van der Waals surface area (Å²) >= 11 is 0. The monoisotopic (exact) mass is 318 g/mol. The van der Waals surface area contributed by atoms with Crippen molar-refractivity contribution in [1.82, 2.24) is 9.80 Å². The summed E-state index contributed by atoms with van der Waals surface area (Å²) in [5.74, 6) is 1.08. The quantitative estimate of drug-likeness (QED) is 0.684. The molecule has 2 heterocycles. The highest BCUT2D eigenvalue weighted by Crippen LogP contribution is 2.26. The molecule has 136 valence electrons. The predicted molar refractivity (Wildman–Crippen MR) is 97.7 cm³/mol. The fourth-order valence-electron chi connectivity index (χ4n) is 1.48. The fourth-order valence-corrected chi connectivity index (χ4v) is 1.48. The van der Waals surface area contributed by atoms with Gasteiger partial charge in [0.25, 0.3) is 0 Å². The van der Waals surface area contributed by atoms with Gasteiger partial charge in [0.2, 0.25) is 0 Å². The van der Waals surface area contributed by atoms with Crippen LogP contribution >= 0.6 is 0 Å². The van der Waals surface area contributed by atoms with Gasteiger partial charge >= 0.3 is 0 Å². The Morgan fingerprint density at radius 2 is 0.864 bits per heavy atom. The van der Waals surface area contributed by atoms with Gasteiger partial charge in [0, 0.05) is 26.2 Å². The van der Waals surface area contributed by atoms with E-state index in [0.717, 1.165) is 58.5 Å². The lowest BCUT2D eigenvalue weighted by Crippen LogP contribution is -2.32. The van der Waals surface area contributed by atoms with Crippen molar-refractivity contribution in [3.05, 3.63) is 0 Å². The van der Waals surface area contributed by atoms with E-state index in [1.165, 1.54) is 12.8 Å². The average Bonchev–Trinajstić information content (AvgIpc) is 3.36. The lowest BCUT2D eigenvalue weighted by molar-refractivity contribution is 0.0502. The van der Waals surface area contributed by atoms with Gasteiger partial charge in [0.15, 0.2) is 0 Å². The molecule has 0 atom stereocenters. The van der Waals surface area contributed by atoms with E-state index in [0.29, 0.717) is 0 Å². The van der Waals surface area contributed by atoms with Crippen LogP contribution in [0.25, 0.3) is 0 Å². The first-order chi connectivity index (χ1) is 10.7. The lowest BCUT2D eigenvalue weighted by Gasteiger charge is -2.21. The average molecular weight is 319 g/mol. The zero-order valence-electron chi connectivity index (χ0n) is 16.4. The molecule has 3 aliphatic rings. The number of nitrogens with zero attached hydrogens (tertiary/aromatic N) is 2. The number of hydrogen-bond acceptors (Lipinski definition) is 4. The van der Waals surface area contributed by atoms with E-state index >= 15 is 0 Å². The van der Waals surface area contributed by atoms with Crippen molar-refractivity contribution >= 4 is 0 Å². The molecule has 2 aliphatic heterocycles. The van der Waals surface area contributed by atoms with Gasteiger partial charge in [0.05, 0.1) is 26.4 Å². The summed E-state index contributed by atoms with van der Waals surface area (Å²) in [5.41, 5.74) is 0. The summed E-state index contributed by atoms with van der Waals surface area (Å²) < 4.78 is 10.2. The molecule has 0 aromatic heterocycles. The fraction of sp³-hybridized carbons (Fsp3) is 1.00. The van der Waals surface area contributed by atoms with Gasteiger partial charge in [-0.25, -0.2) is 0 Å². The Balaban J connectivity index is 0. The zero-order chi connectivity index (χ0) is 17.2. The summed E-state index contributed by atoms with van der Waals surface area (Å²) in [6.45, 7) is 18.3. The van der Waals surface area contributed by atoms with E-state index in [2.05, 4.69) is 30.8 Å². The van der Waals surface area contributed by atoms with Crippen LogP contribution in [0.4, 0.5) is 0 Å². The summed E-state index contributed by atoms with van der Waals surface area (Å²) in [4.78, 5) is 4.53. The Bertz CT molecular complexity index is 172. The van der Waals surface area contributed by atoms with Crippen molar-refractivity contribution in [3.63, 3.8) is 0 Å². The molecule has 0 radical (unpaired) electrons. The van der Waals surface area contributed by atoms with Crippen molar-refractivity contribution in [3.8, 4) is 0 Å². The summed E-state index contributed by atoms with van der Waals surface area (Å²) in [6.07, 6.45) is 2.97. The highest BCUT2D eigenvalue weighted by molar-refractivity contribution is 4.65.